The number of nitrogens with two attached hydrogens (primary N) is 1. The lowest BCUT2D eigenvalue weighted by Gasteiger charge is -2.36. The molecule has 7 nitrogen and oxygen atoms in total. The molecule has 1 heterocycles. The van der Waals surface area contributed by atoms with Crippen LogP contribution in [0.3, 0.4) is 0 Å². The first-order valence-electron chi connectivity index (χ1n) is 7.07. The number of hydrogen-bond acceptors (Lipinski definition) is 5. The van der Waals surface area contributed by atoms with Gasteiger partial charge in [-0.2, -0.15) is 0 Å². The van der Waals surface area contributed by atoms with Gasteiger partial charge in [0.15, 0.2) is 12.0 Å². The molecule has 0 saturated carbocycles. The average molecular weight is 306 g/mol. The lowest BCUT2D eigenvalue weighted by Crippen LogP contribution is -2.50. The van der Waals surface area contributed by atoms with E-state index in [9.17, 15) is 4.79 Å². The molecule has 1 aliphatic heterocycles. The van der Waals surface area contributed by atoms with Gasteiger partial charge in [-0.1, -0.05) is 12.1 Å². The van der Waals surface area contributed by atoms with Gasteiger partial charge < -0.3 is 25.0 Å². The molecule has 1 aliphatic rings. The van der Waals surface area contributed by atoms with Crippen LogP contribution in [-0.2, 0) is 14.3 Å². The smallest absolute Gasteiger partial charge is 0.330 e. The minimum atomic E-state index is -0.476. The van der Waals surface area contributed by atoms with Gasteiger partial charge in [0.1, 0.15) is 0 Å². The van der Waals surface area contributed by atoms with E-state index in [1.807, 2.05) is 43.3 Å². The molecule has 2 rings (SSSR count). The number of methoxy groups -OCH3 is 1. The summed E-state index contributed by atoms with van der Waals surface area (Å²) in [5.41, 5.74) is 7.46. The second-order valence-corrected chi connectivity index (χ2v) is 5.16. The van der Waals surface area contributed by atoms with Crippen LogP contribution in [0.4, 0.5) is 11.4 Å². The number of para-hydroxylation sites is 2. The Kier molecular flexibility index (Phi) is 5.21. The summed E-state index contributed by atoms with van der Waals surface area (Å²) < 4.78 is 10.3. The van der Waals surface area contributed by atoms with Crippen molar-refractivity contribution in [3.8, 4) is 0 Å². The van der Waals surface area contributed by atoms with E-state index < -0.39 is 6.04 Å². The van der Waals surface area contributed by atoms with E-state index in [1.165, 1.54) is 7.11 Å². The van der Waals surface area contributed by atoms with Gasteiger partial charge in [0.2, 0.25) is 0 Å². The summed E-state index contributed by atoms with van der Waals surface area (Å²) in [6.45, 7) is 1.44. The third kappa shape index (κ3) is 3.48. The molecule has 2 N–H and O–H groups in total. The molecule has 0 bridgehead atoms. The van der Waals surface area contributed by atoms with Crippen LogP contribution >= 0.6 is 0 Å². The topological polar surface area (TPSA) is 80.4 Å². The van der Waals surface area contributed by atoms with Crippen molar-refractivity contribution < 1.29 is 14.3 Å². The van der Waals surface area contributed by atoms with Gasteiger partial charge in [0.25, 0.3) is 0 Å². The number of carbonyl (C=O) groups is 1. The fourth-order valence-corrected chi connectivity index (χ4v) is 2.25. The van der Waals surface area contributed by atoms with Crippen LogP contribution in [0, 0.1) is 0 Å². The van der Waals surface area contributed by atoms with E-state index in [1.54, 1.807) is 4.90 Å². The molecular weight excluding hydrogens is 284 g/mol. The molecule has 1 saturated heterocycles. The zero-order valence-electron chi connectivity index (χ0n) is 13.2. The number of morpholine rings is 1. The zero-order chi connectivity index (χ0) is 16.1. The monoisotopic (exact) mass is 306 g/mol. The van der Waals surface area contributed by atoms with E-state index in [0.717, 1.165) is 5.69 Å². The third-order valence-electron chi connectivity index (χ3n) is 3.49. The molecule has 120 valence electrons. The highest BCUT2D eigenvalue weighted by atomic mass is 16.5. The molecule has 0 radical (unpaired) electrons. The predicted octanol–water partition coefficient (Wildman–Crippen LogP) is 0.573. The molecule has 0 spiro atoms. The quantitative estimate of drug-likeness (QED) is 0.500. The highest BCUT2D eigenvalue weighted by Gasteiger charge is 2.31. The summed E-state index contributed by atoms with van der Waals surface area (Å²) in [6.07, 6.45) is 0. The largest absolute Gasteiger partial charge is 0.467 e. The van der Waals surface area contributed by atoms with Crippen LogP contribution in [0.2, 0.25) is 0 Å². The standard InChI is InChI=1S/C15H22N4O3/c1-18(2)15(16)17-11-6-4-5-7-12(11)19-8-9-22-10-13(19)14(20)21-3/h4-7,13H,8-10H2,1-3H3,(H2,16,17). The Morgan fingerprint density at radius 1 is 1.45 bits per heavy atom. The molecule has 22 heavy (non-hydrogen) atoms. The molecule has 1 aromatic rings. The number of ether oxygens (including phenoxy) is 2. The van der Waals surface area contributed by atoms with Crippen molar-refractivity contribution >= 4 is 23.3 Å². The second-order valence-electron chi connectivity index (χ2n) is 5.16. The first kappa shape index (κ1) is 16.1. The first-order valence-corrected chi connectivity index (χ1v) is 7.07. The van der Waals surface area contributed by atoms with Gasteiger partial charge in [0, 0.05) is 20.6 Å². The number of hydrogen-bond donors (Lipinski definition) is 1. The SMILES string of the molecule is COC(=O)C1COCCN1c1ccccc1N=C(N)N(C)C. The molecule has 1 fully saturated rings. The Balaban J connectivity index is 2.38. The molecule has 0 aliphatic carbocycles. The summed E-state index contributed by atoms with van der Waals surface area (Å²) >= 11 is 0. The van der Waals surface area contributed by atoms with Gasteiger partial charge in [-0.15, -0.1) is 0 Å². The lowest BCUT2D eigenvalue weighted by atomic mass is 10.1. The van der Waals surface area contributed by atoms with Crippen molar-refractivity contribution in [1.82, 2.24) is 4.90 Å². The number of guanidine groups is 1. The number of rotatable bonds is 3. The predicted molar refractivity (Wildman–Crippen MR) is 85.4 cm³/mol. The Morgan fingerprint density at radius 3 is 2.86 bits per heavy atom. The van der Waals surface area contributed by atoms with Gasteiger partial charge in [0.05, 0.1) is 31.7 Å². The van der Waals surface area contributed by atoms with Crippen molar-refractivity contribution in [1.29, 1.82) is 0 Å². The fraction of sp³-hybridized carbons (Fsp3) is 0.467. The van der Waals surface area contributed by atoms with Crippen LogP contribution < -0.4 is 10.6 Å². The van der Waals surface area contributed by atoms with Crippen molar-refractivity contribution in [2.75, 3.05) is 45.9 Å². The molecule has 0 amide bonds. The highest BCUT2D eigenvalue weighted by molar-refractivity contribution is 5.86. The number of aliphatic imine (C=N–C) groups is 1. The van der Waals surface area contributed by atoms with Crippen LogP contribution in [0.25, 0.3) is 0 Å². The number of benzene rings is 1. The highest BCUT2D eigenvalue weighted by Crippen LogP contribution is 2.31. The van der Waals surface area contributed by atoms with E-state index in [0.29, 0.717) is 31.4 Å². The normalized spacial score (nSPS) is 19.0. The Labute approximate surface area is 130 Å². The molecule has 0 aromatic heterocycles. The van der Waals surface area contributed by atoms with Crippen LogP contribution in [0.1, 0.15) is 0 Å². The van der Waals surface area contributed by atoms with E-state index in [2.05, 4.69) is 4.99 Å². The third-order valence-corrected chi connectivity index (χ3v) is 3.49. The average Bonchev–Trinajstić information content (AvgIpc) is 2.54. The summed E-state index contributed by atoms with van der Waals surface area (Å²) in [5.74, 6) is 0.0781. The Bertz CT molecular complexity index is 559. The van der Waals surface area contributed by atoms with Crippen molar-refractivity contribution in [2.45, 2.75) is 6.04 Å². The molecule has 1 atom stereocenters. The summed E-state index contributed by atoms with van der Waals surface area (Å²) in [4.78, 5) is 20.1. The maximum Gasteiger partial charge on any atom is 0.330 e. The minimum Gasteiger partial charge on any atom is -0.467 e. The van der Waals surface area contributed by atoms with E-state index in [4.69, 9.17) is 15.2 Å². The molecule has 7 heteroatoms. The maximum atomic E-state index is 12.0. The van der Waals surface area contributed by atoms with E-state index >= 15 is 0 Å². The van der Waals surface area contributed by atoms with Crippen LogP contribution in [0.5, 0.6) is 0 Å². The van der Waals surface area contributed by atoms with E-state index in [-0.39, 0.29) is 5.97 Å². The summed E-state index contributed by atoms with van der Waals surface area (Å²) in [5, 5.41) is 0. The van der Waals surface area contributed by atoms with Crippen molar-refractivity contribution in [2.24, 2.45) is 10.7 Å². The second kappa shape index (κ2) is 7.13. The maximum absolute atomic E-state index is 12.0. The van der Waals surface area contributed by atoms with Crippen molar-refractivity contribution in [3.05, 3.63) is 24.3 Å². The Morgan fingerprint density at radius 2 is 2.18 bits per heavy atom. The minimum absolute atomic E-state index is 0.299. The molecular formula is C15H22N4O3. The summed E-state index contributed by atoms with van der Waals surface area (Å²) in [6, 6.07) is 7.11. The molecule has 1 aromatic carbocycles. The fourth-order valence-electron chi connectivity index (χ4n) is 2.25. The van der Waals surface area contributed by atoms with Gasteiger partial charge in [-0.3, -0.25) is 0 Å². The van der Waals surface area contributed by atoms with Gasteiger partial charge in [-0.25, -0.2) is 9.79 Å². The Hall–Kier alpha value is -2.28. The van der Waals surface area contributed by atoms with Crippen molar-refractivity contribution in [3.63, 3.8) is 0 Å². The summed E-state index contributed by atoms with van der Waals surface area (Å²) in [7, 11) is 5.03. The van der Waals surface area contributed by atoms with Crippen LogP contribution in [-0.4, -0.2) is 63.8 Å². The number of nitrogens with zero attached hydrogens (tertiary/aromatic N) is 3. The number of carbonyl (C=O) groups excluding carboxylic acids is 1. The zero-order valence-corrected chi connectivity index (χ0v) is 13.2. The molecule has 1 unspecified atom stereocenters. The lowest BCUT2D eigenvalue weighted by molar-refractivity contribution is -0.144. The number of esters is 1. The van der Waals surface area contributed by atoms with Gasteiger partial charge in [-0.05, 0) is 12.1 Å². The van der Waals surface area contributed by atoms with Crippen LogP contribution in [0.15, 0.2) is 29.3 Å². The first-order chi connectivity index (χ1) is 10.5. The van der Waals surface area contributed by atoms with Gasteiger partial charge >= 0.3 is 5.97 Å². The number of anilines is 1.